The molecule has 0 bridgehead atoms. The lowest BCUT2D eigenvalue weighted by atomic mass is 10.0. The van der Waals surface area contributed by atoms with Gasteiger partial charge in [0.1, 0.15) is 30.3 Å². The van der Waals surface area contributed by atoms with Crippen molar-refractivity contribution in [2.45, 2.75) is 37.8 Å². The van der Waals surface area contributed by atoms with E-state index < -0.39 is 5.60 Å². The van der Waals surface area contributed by atoms with E-state index in [4.69, 9.17) is 4.74 Å². The predicted octanol–water partition coefficient (Wildman–Crippen LogP) is 2.48. The zero-order valence-corrected chi connectivity index (χ0v) is 21.0. The maximum absolute atomic E-state index is 11.3. The van der Waals surface area contributed by atoms with Crippen molar-refractivity contribution in [2.24, 2.45) is 0 Å². The van der Waals surface area contributed by atoms with Crippen molar-refractivity contribution < 1.29 is 9.84 Å². The summed E-state index contributed by atoms with van der Waals surface area (Å²) in [5.74, 6) is 2.66. The van der Waals surface area contributed by atoms with Crippen molar-refractivity contribution in [3.05, 3.63) is 42.2 Å². The number of anilines is 2. The lowest BCUT2D eigenvalue weighted by molar-refractivity contribution is 0.0279. The molecule has 2 fully saturated rings. The largest absolute Gasteiger partial charge is 0.492 e. The zero-order chi connectivity index (χ0) is 24.0. The fourth-order valence-corrected chi connectivity index (χ4v) is 5.01. The second-order valence-electron chi connectivity index (χ2n) is 10.1. The van der Waals surface area contributed by atoms with Gasteiger partial charge < -0.3 is 19.6 Å². The molecule has 1 aromatic heterocycles. The van der Waals surface area contributed by atoms with Gasteiger partial charge in [-0.15, -0.1) is 0 Å². The first kappa shape index (κ1) is 24.7. The molecule has 0 saturated carbocycles. The SMILES string of the molecule is CN(Cc1cccc(OCCN2CCCCC2)c1)C[C@@]1(O)CCN(c2cc(N(C)C)ncn2)C1. The van der Waals surface area contributed by atoms with Gasteiger partial charge in [-0.05, 0) is 57.1 Å². The molecule has 34 heavy (non-hydrogen) atoms. The monoisotopic (exact) mass is 468 g/mol. The molecule has 0 spiro atoms. The van der Waals surface area contributed by atoms with E-state index in [9.17, 15) is 5.11 Å². The summed E-state index contributed by atoms with van der Waals surface area (Å²) in [4.78, 5) is 17.5. The van der Waals surface area contributed by atoms with Gasteiger partial charge in [0.25, 0.3) is 0 Å². The first-order chi connectivity index (χ1) is 16.4. The van der Waals surface area contributed by atoms with Gasteiger partial charge in [0, 0.05) is 52.9 Å². The van der Waals surface area contributed by atoms with Crippen LogP contribution in [-0.4, -0.2) is 97.5 Å². The highest BCUT2D eigenvalue weighted by Crippen LogP contribution is 2.28. The van der Waals surface area contributed by atoms with Crippen molar-refractivity contribution in [1.82, 2.24) is 19.8 Å². The number of likely N-dealkylation sites (N-methyl/N-ethyl adjacent to an activating group) is 1. The molecular weight excluding hydrogens is 428 g/mol. The van der Waals surface area contributed by atoms with Crippen molar-refractivity contribution in [2.75, 3.05) is 76.8 Å². The minimum absolute atomic E-state index is 0.570. The summed E-state index contributed by atoms with van der Waals surface area (Å²) in [7, 11) is 6.01. The predicted molar refractivity (Wildman–Crippen MR) is 137 cm³/mol. The second kappa shape index (κ2) is 11.3. The highest BCUT2D eigenvalue weighted by atomic mass is 16.5. The maximum Gasteiger partial charge on any atom is 0.134 e. The summed E-state index contributed by atoms with van der Waals surface area (Å²) in [6.45, 7) is 6.85. The molecule has 2 aliphatic heterocycles. The minimum atomic E-state index is -0.763. The van der Waals surface area contributed by atoms with Gasteiger partial charge in [0.15, 0.2) is 0 Å². The van der Waals surface area contributed by atoms with Gasteiger partial charge in [-0.1, -0.05) is 18.6 Å². The highest BCUT2D eigenvalue weighted by molar-refractivity contribution is 5.50. The summed E-state index contributed by atoms with van der Waals surface area (Å²) in [6, 6.07) is 10.3. The lowest BCUT2D eigenvalue weighted by Crippen LogP contribution is -2.43. The van der Waals surface area contributed by atoms with Gasteiger partial charge in [0.05, 0.1) is 5.60 Å². The number of ether oxygens (including phenoxy) is 1. The molecule has 8 heteroatoms. The molecule has 2 aromatic rings. The van der Waals surface area contributed by atoms with Crippen molar-refractivity contribution in [3.8, 4) is 5.75 Å². The number of hydrogen-bond donors (Lipinski definition) is 1. The van der Waals surface area contributed by atoms with E-state index >= 15 is 0 Å². The quantitative estimate of drug-likeness (QED) is 0.571. The third-order valence-corrected chi connectivity index (χ3v) is 6.79. The maximum atomic E-state index is 11.3. The van der Waals surface area contributed by atoms with Crippen LogP contribution in [0, 0.1) is 0 Å². The van der Waals surface area contributed by atoms with Crippen molar-refractivity contribution in [1.29, 1.82) is 0 Å². The summed E-state index contributed by atoms with van der Waals surface area (Å²) < 4.78 is 6.04. The van der Waals surface area contributed by atoms with Crippen LogP contribution in [0.3, 0.4) is 0 Å². The molecule has 186 valence electrons. The van der Waals surface area contributed by atoms with E-state index in [2.05, 4.69) is 49.9 Å². The molecule has 1 aromatic carbocycles. The fourth-order valence-electron chi connectivity index (χ4n) is 5.01. The molecule has 0 aliphatic carbocycles. The van der Waals surface area contributed by atoms with Gasteiger partial charge in [0.2, 0.25) is 0 Å². The fraction of sp³-hybridized carbons (Fsp3) is 0.615. The molecule has 2 aliphatic rings. The third-order valence-electron chi connectivity index (χ3n) is 6.79. The molecule has 1 atom stereocenters. The van der Waals surface area contributed by atoms with E-state index in [1.165, 1.54) is 37.9 Å². The summed E-state index contributed by atoms with van der Waals surface area (Å²) in [6.07, 6.45) is 6.29. The van der Waals surface area contributed by atoms with Crippen LogP contribution in [0.1, 0.15) is 31.2 Å². The van der Waals surface area contributed by atoms with Crippen LogP contribution in [-0.2, 0) is 6.54 Å². The van der Waals surface area contributed by atoms with Gasteiger partial charge in [-0.3, -0.25) is 9.80 Å². The van der Waals surface area contributed by atoms with Crippen LogP contribution in [0.4, 0.5) is 11.6 Å². The number of β-amino-alcohol motifs (C(OH)–C–C–N with tert-alkyl or cyclic N) is 1. The highest BCUT2D eigenvalue weighted by Gasteiger charge is 2.37. The summed E-state index contributed by atoms with van der Waals surface area (Å²) in [5.41, 5.74) is 0.434. The Morgan fingerprint density at radius 3 is 2.68 bits per heavy atom. The van der Waals surface area contributed by atoms with E-state index in [-0.39, 0.29) is 0 Å². The Labute approximate surface area is 204 Å². The smallest absolute Gasteiger partial charge is 0.134 e. The molecule has 3 heterocycles. The number of rotatable bonds is 10. The number of aliphatic hydroxyl groups is 1. The molecule has 0 radical (unpaired) electrons. The first-order valence-corrected chi connectivity index (χ1v) is 12.5. The van der Waals surface area contributed by atoms with Crippen LogP contribution >= 0.6 is 0 Å². The van der Waals surface area contributed by atoms with E-state index in [0.29, 0.717) is 13.1 Å². The van der Waals surface area contributed by atoms with Crippen molar-refractivity contribution in [3.63, 3.8) is 0 Å². The van der Waals surface area contributed by atoms with Crippen LogP contribution in [0.15, 0.2) is 36.7 Å². The van der Waals surface area contributed by atoms with E-state index in [0.717, 1.165) is 50.0 Å². The topological polar surface area (TPSA) is 68.2 Å². The molecule has 0 unspecified atom stereocenters. The molecule has 8 nitrogen and oxygen atoms in total. The standard InChI is InChI=1S/C26H40N6O2/c1-29(2)24-17-25(28-21-27-24)32-13-10-26(33,20-32)19-30(3)18-22-8-7-9-23(16-22)34-15-14-31-11-5-4-6-12-31/h7-9,16-17,21,33H,4-6,10-15,18-20H2,1-3H3/t26-/m0/s1. The molecule has 4 rings (SSSR count). The van der Waals surface area contributed by atoms with Crippen LogP contribution in [0.5, 0.6) is 5.75 Å². The van der Waals surface area contributed by atoms with E-state index in [1.807, 2.05) is 31.1 Å². The van der Waals surface area contributed by atoms with Crippen molar-refractivity contribution >= 4 is 11.6 Å². The number of hydrogen-bond acceptors (Lipinski definition) is 8. The average Bonchev–Trinajstić information content (AvgIpc) is 3.21. The Morgan fingerprint density at radius 2 is 1.88 bits per heavy atom. The Balaban J connectivity index is 1.26. The summed E-state index contributed by atoms with van der Waals surface area (Å²) >= 11 is 0. The Bertz CT molecular complexity index is 920. The first-order valence-electron chi connectivity index (χ1n) is 12.5. The van der Waals surface area contributed by atoms with Gasteiger partial charge in [-0.2, -0.15) is 0 Å². The molecule has 1 N–H and O–H groups in total. The third kappa shape index (κ3) is 6.81. The number of piperidine rings is 1. The lowest BCUT2D eigenvalue weighted by Gasteiger charge is -2.29. The minimum Gasteiger partial charge on any atom is -0.492 e. The Kier molecular flexibility index (Phi) is 8.24. The normalized spacial score (nSPS) is 21.3. The average molecular weight is 469 g/mol. The number of benzene rings is 1. The van der Waals surface area contributed by atoms with Crippen LogP contribution in [0.2, 0.25) is 0 Å². The number of nitrogens with zero attached hydrogens (tertiary/aromatic N) is 6. The van der Waals surface area contributed by atoms with Crippen LogP contribution in [0.25, 0.3) is 0 Å². The zero-order valence-electron chi connectivity index (χ0n) is 21.0. The molecule has 0 amide bonds. The number of aromatic nitrogens is 2. The Hall–Kier alpha value is -2.42. The van der Waals surface area contributed by atoms with Gasteiger partial charge in [-0.25, -0.2) is 9.97 Å². The van der Waals surface area contributed by atoms with Gasteiger partial charge >= 0.3 is 0 Å². The number of likely N-dealkylation sites (tertiary alicyclic amines) is 1. The second-order valence-corrected chi connectivity index (χ2v) is 10.1. The van der Waals surface area contributed by atoms with Crippen LogP contribution < -0.4 is 14.5 Å². The Morgan fingerprint density at radius 1 is 1.06 bits per heavy atom. The molecular formula is C26H40N6O2. The summed E-state index contributed by atoms with van der Waals surface area (Å²) in [5, 5.41) is 11.3. The molecule has 2 saturated heterocycles. The van der Waals surface area contributed by atoms with E-state index in [1.54, 1.807) is 6.33 Å².